The molecule has 1 aromatic heterocycles. The number of benzene rings is 1. The van der Waals surface area contributed by atoms with E-state index in [-0.39, 0.29) is 11.0 Å². The highest BCUT2D eigenvalue weighted by Gasteiger charge is 2.18. The molecule has 25 heavy (non-hydrogen) atoms. The van der Waals surface area contributed by atoms with E-state index >= 15 is 0 Å². The van der Waals surface area contributed by atoms with Gasteiger partial charge in [-0.1, -0.05) is 19.1 Å². The van der Waals surface area contributed by atoms with Gasteiger partial charge in [-0.2, -0.15) is 11.8 Å². The summed E-state index contributed by atoms with van der Waals surface area (Å²) in [6, 6.07) is 5.86. The van der Waals surface area contributed by atoms with E-state index in [1.54, 1.807) is 36.0 Å². The molecule has 0 aliphatic heterocycles. The van der Waals surface area contributed by atoms with E-state index < -0.39 is 17.9 Å². The highest BCUT2D eigenvalue weighted by molar-refractivity contribution is 7.99. The average molecular weight is 361 g/mol. The molecule has 6 nitrogen and oxygen atoms in total. The van der Waals surface area contributed by atoms with Crippen LogP contribution in [0.2, 0.25) is 0 Å². The number of carboxylic acid groups (broad SMARTS) is 1. The van der Waals surface area contributed by atoms with Crippen LogP contribution in [0.5, 0.6) is 0 Å². The average Bonchev–Trinajstić information content (AvgIpc) is 2.60. The van der Waals surface area contributed by atoms with E-state index in [1.807, 2.05) is 6.92 Å². The summed E-state index contributed by atoms with van der Waals surface area (Å²) in [5.41, 5.74) is 0.441. The number of thioether (sulfide) groups is 1. The maximum atomic E-state index is 12.3. The van der Waals surface area contributed by atoms with Crippen LogP contribution < -0.4 is 10.7 Å². The van der Waals surface area contributed by atoms with Gasteiger partial charge in [0.25, 0.3) is 0 Å². The van der Waals surface area contributed by atoms with Gasteiger partial charge in [-0.3, -0.25) is 9.59 Å². The van der Waals surface area contributed by atoms with Crippen molar-refractivity contribution in [1.82, 2.24) is 5.32 Å². The Balaban J connectivity index is 2.07. The van der Waals surface area contributed by atoms with Crippen LogP contribution in [0.25, 0.3) is 17.0 Å². The normalized spacial score (nSPS) is 12.4. The quantitative estimate of drug-likeness (QED) is 0.554. The molecule has 0 saturated carbocycles. The number of carboxylic acids is 1. The molecule has 0 saturated heterocycles. The van der Waals surface area contributed by atoms with Crippen molar-refractivity contribution in [3.8, 4) is 0 Å². The third kappa shape index (κ3) is 5.22. The highest BCUT2D eigenvalue weighted by Crippen LogP contribution is 2.11. The van der Waals surface area contributed by atoms with Gasteiger partial charge in [-0.25, -0.2) is 4.79 Å². The zero-order valence-electron chi connectivity index (χ0n) is 13.7. The minimum atomic E-state index is -1.08. The summed E-state index contributed by atoms with van der Waals surface area (Å²) in [5, 5.41) is 12.0. The first-order valence-corrected chi connectivity index (χ1v) is 8.98. The predicted octanol–water partition coefficient (Wildman–Crippen LogP) is 2.52. The molecular formula is C18H19NO5S. The third-order valence-electron chi connectivity index (χ3n) is 3.49. The molecule has 0 radical (unpaired) electrons. The van der Waals surface area contributed by atoms with Crippen molar-refractivity contribution >= 4 is 40.7 Å². The summed E-state index contributed by atoms with van der Waals surface area (Å²) in [6.45, 7) is 1.98. The molecule has 1 atom stereocenters. The van der Waals surface area contributed by atoms with E-state index in [1.165, 1.54) is 12.3 Å². The second-order valence-electron chi connectivity index (χ2n) is 5.23. The Kier molecular flexibility index (Phi) is 6.82. The van der Waals surface area contributed by atoms with Gasteiger partial charge in [-0.15, -0.1) is 0 Å². The zero-order valence-corrected chi connectivity index (χ0v) is 14.5. The molecule has 7 heteroatoms. The Morgan fingerprint density at radius 1 is 1.36 bits per heavy atom. The molecule has 132 valence electrons. The molecule has 1 unspecified atom stereocenters. The fourth-order valence-corrected chi connectivity index (χ4v) is 2.89. The van der Waals surface area contributed by atoms with Crippen molar-refractivity contribution in [3.05, 3.63) is 52.4 Å². The summed E-state index contributed by atoms with van der Waals surface area (Å²) >= 11 is 1.61. The highest BCUT2D eigenvalue weighted by atomic mass is 32.2. The van der Waals surface area contributed by atoms with Crippen molar-refractivity contribution in [3.63, 3.8) is 0 Å². The number of hydrogen-bond donors (Lipinski definition) is 2. The maximum absolute atomic E-state index is 12.3. The molecule has 1 heterocycles. The monoisotopic (exact) mass is 361 g/mol. The zero-order chi connectivity index (χ0) is 18.2. The fraction of sp³-hybridized carbons (Fsp3) is 0.278. The molecule has 1 amide bonds. The van der Waals surface area contributed by atoms with Crippen LogP contribution in [-0.4, -0.2) is 34.5 Å². The molecule has 0 aliphatic rings. The van der Waals surface area contributed by atoms with Crippen LogP contribution in [0.1, 0.15) is 18.9 Å². The van der Waals surface area contributed by atoms with Crippen LogP contribution in [-0.2, 0) is 9.59 Å². The largest absolute Gasteiger partial charge is 0.480 e. The molecule has 2 aromatic rings. The molecule has 0 fully saturated rings. The molecule has 0 spiro atoms. The first-order valence-electron chi connectivity index (χ1n) is 7.82. The number of nitrogens with one attached hydrogen (secondary N) is 1. The number of amides is 1. The molecule has 2 rings (SSSR count). The van der Waals surface area contributed by atoms with Gasteiger partial charge in [0.2, 0.25) is 5.91 Å². The van der Waals surface area contributed by atoms with Crippen molar-refractivity contribution in [2.75, 3.05) is 11.5 Å². The minimum Gasteiger partial charge on any atom is -0.480 e. The van der Waals surface area contributed by atoms with Gasteiger partial charge < -0.3 is 14.8 Å². The van der Waals surface area contributed by atoms with Gasteiger partial charge in [0.05, 0.1) is 10.9 Å². The number of para-hydroxylation sites is 1. The second-order valence-corrected chi connectivity index (χ2v) is 6.63. The Bertz CT molecular complexity index is 843. The lowest BCUT2D eigenvalue weighted by molar-refractivity contribution is -0.141. The number of fused-ring (bicyclic) bond motifs is 1. The van der Waals surface area contributed by atoms with E-state index in [2.05, 4.69) is 5.32 Å². The van der Waals surface area contributed by atoms with Crippen LogP contribution in [0.3, 0.4) is 0 Å². The molecule has 2 N–H and O–H groups in total. The van der Waals surface area contributed by atoms with Crippen molar-refractivity contribution < 1.29 is 19.1 Å². The van der Waals surface area contributed by atoms with E-state index in [0.29, 0.717) is 23.1 Å². The second kappa shape index (κ2) is 9.08. The van der Waals surface area contributed by atoms with Crippen molar-refractivity contribution in [1.29, 1.82) is 0 Å². The molecular weight excluding hydrogens is 342 g/mol. The predicted molar refractivity (Wildman–Crippen MR) is 98.7 cm³/mol. The van der Waals surface area contributed by atoms with Gasteiger partial charge in [0, 0.05) is 6.08 Å². The van der Waals surface area contributed by atoms with Crippen LogP contribution in [0.4, 0.5) is 0 Å². The molecule has 0 aliphatic carbocycles. The number of carbonyl (C=O) groups is 2. The summed E-state index contributed by atoms with van der Waals surface area (Å²) < 4.78 is 5.36. The van der Waals surface area contributed by atoms with Crippen molar-refractivity contribution in [2.45, 2.75) is 19.4 Å². The van der Waals surface area contributed by atoms with Crippen molar-refractivity contribution in [2.24, 2.45) is 0 Å². The van der Waals surface area contributed by atoms with Crippen LogP contribution >= 0.6 is 11.8 Å². The van der Waals surface area contributed by atoms with Crippen LogP contribution in [0, 0.1) is 0 Å². The van der Waals surface area contributed by atoms with Gasteiger partial charge in [0.15, 0.2) is 5.43 Å². The first-order chi connectivity index (χ1) is 12.0. The summed E-state index contributed by atoms with van der Waals surface area (Å²) in [5.74, 6) is -0.117. The number of carbonyl (C=O) groups excluding carboxylic acids is 1. The Morgan fingerprint density at radius 2 is 2.12 bits per heavy atom. The van der Waals surface area contributed by atoms with E-state index in [4.69, 9.17) is 9.52 Å². The lowest BCUT2D eigenvalue weighted by Gasteiger charge is -2.12. The number of hydrogen-bond acceptors (Lipinski definition) is 5. The first kappa shape index (κ1) is 18.8. The summed E-state index contributed by atoms with van der Waals surface area (Å²) in [4.78, 5) is 35.4. The number of aliphatic carboxylic acids is 1. The third-order valence-corrected chi connectivity index (χ3v) is 4.42. The Hall–Kier alpha value is -2.54. The number of rotatable bonds is 8. The molecule has 0 bridgehead atoms. The summed E-state index contributed by atoms with van der Waals surface area (Å²) in [7, 11) is 0. The fourth-order valence-electron chi connectivity index (χ4n) is 2.20. The lowest BCUT2D eigenvalue weighted by atomic mass is 10.1. The molecule has 1 aromatic carbocycles. The SMILES string of the molecule is CCSCCC(NC(=O)/C=C/c1coc2ccccc2c1=O)C(=O)O. The van der Waals surface area contributed by atoms with Gasteiger partial charge in [0.1, 0.15) is 17.9 Å². The smallest absolute Gasteiger partial charge is 0.326 e. The van der Waals surface area contributed by atoms with E-state index in [0.717, 1.165) is 11.8 Å². The van der Waals surface area contributed by atoms with E-state index in [9.17, 15) is 14.4 Å². The minimum absolute atomic E-state index is 0.224. The van der Waals surface area contributed by atoms with Crippen LogP contribution in [0.15, 0.2) is 45.8 Å². The maximum Gasteiger partial charge on any atom is 0.326 e. The van der Waals surface area contributed by atoms with Gasteiger partial charge >= 0.3 is 5.97 Å². The Labute approximate surface area is 148 Å². The Morgan fingerprint density at radius 3 is 2.84 bits per heavy atom. The standard InChI is InChI=1S/C18H19NO5S/c1-2-25-10-9-14(18(22)23)19-16(20)8-7-12-11-24-15-6-4-3-5-13(15)17(12)21/h3-8,11,14H,2,9-10H2,1H3,(H,19,20)(H,22,23)/b8-7+. The summed E-state index contributed by atoms with van der Waals surface area (Å²) in [6.07, 6.45) is 4.09. The lowest BCUT2D eigenvalue weighted by Crippen LogP contribution is -2.40. The topological polar surface area (TPSA) is 96.6 Å². The van der Waals surface area contributed by atoms with Gasteiger partial charge in [-0.05, 0) is 36.1 Å².